The molecule has 1 aliphatic rings. The molecule has 28 heavy (non-hydrogen) atoms. The van der Waals surface area contributed by atoms with E-state index in [4.69, 9.17) is 20.5 Å². The molecule has 152 valence electrons. The van der Waals surface area contributed by atoms with E-state index in [9.17, 15) is 18.0 Å². The number of nitrogens with zero attached hydrogens (tertiary/aromatic N) is 1. The van der Waals surface area contributed by atoms with Crippen molar-refractivity contribution in [2.24, 2.45) is 17.1 Å². The summed E-state index contributed by atoms with van der Waals surface area (Å²) in [5.41, 5.74) is 4.39. The van der Waals surface area contributed by atoms with Gasteiger partial charge in [0.1, 0.15) is 17.2 Å². The van der Waals surface area contributed by atoms with Crippen molar-refractivity contribution in [3.05, 3.63) is 29.8 Å². The summed E-state index contributed by atoms with van der Waals surface area (Å²) < 4.78 is 35.5. The molecule has 1 amide bonds. The highest BCUT2D eigenvalue weighted by Crippen LogP contribution is 2.43. The van der Waals surface area contributed by atoms with Crippen LogP contribution >= 0.6 is 0 Å². The Labute approximate surface area is 164 Å². The Morgan fingerprint density at radius 3 is 2.54 bits per heavy atom. The fourth-order valence-corrected chi connectivity index (χ4v) is 5.61. The first-order valence-electron chi connectivity index (χ1n) is 8.92. The van der Waals surface area contributed by atoms with Crippen LogP contribution in [-0.2, 0) is 29.9 Å². The molecule has 0 saturated heterocycles. The Balaban J connectivity index is 2.24. The average molecular weight is 408 g/mol. The summed E-state index contributed by atoms with van der Waals surface area (Å²) in [7, 11) is -2.12. The fourth-order valence-electron chi connectivity index (χ4n) is 3.73. The number of amides is 1. The second kappa shape index (κ2) is 9.06. The van der Waals surface area contributed by atoms with E-state index >= 15 is 0 Å². The number of ether oxygens (including phenoxy) is 2. The van der Waals surface area contributed by atoms with Gasteiger partial charge in [-0.2, -0.15) is 5.26 Å². The fraction of sp³-hybridized carbons (Fsp3) is 0.526. The molecule has 1 aromatic carbocycles. The monoisotopic (exact) mass is 408 g/mol. The van der Waals surface area contributed by atoms with E-state index in [1.165, 1.54) is 7.11 Å². The van der Waals surface area contributed by atoms with Crippen LogP contribution in [0.15, 0.2) is 24.3 Å². The molecule has 0 radical (unpaired) electrons. The van der Waals surface area contributed by atoms with E-state index in [1.807, 2.05) is 0 Å². The van der Waals surface area contributed by atoms with E-state index in [-0.39, 0.29) is 17.9 Å². The molecule has 1 saturated carbocycles. The molecule has 2 N–H and O–H groups in total. The zero-order valence-electron chi connectivity index (χ0n) is 15.7. The topological polar surface area (TPSA) is 137 Å². The van der Waals surface area contributed by atoms with Gasteiger partial charge in [0.2, 0.25) is 5.91 Å². The minimum Gasteiger partial charge on any atom is -0.497 e. The highest BCUT2D eigenvalue weighted by atomic mass is 32.2. The van der Waals surface area contributed by atoms with Gasteiger partial charge in [-0.15, -0.1) is 0 Å². The number of primary amides is 1. The molecule has 0 aliphatic heterocycles. The molecule has 0 bridgehead atoms. The van der Waals surface area contributed by atoms with Gasteiger partial charge in [0.25, 0.3) is 0 Å². The highest BCUT2D eigenvalue weighted by Gasteiger charge is 2.54. The van der Waals surface area contributed by atoms with Gasteiger partial charge < -0.3 is 15.2 Å². The van der Waals surface area contributed by atoms with Gasteiger partial charge in [-0.1, -0.05) is 25.0 Å². The Morgan fingerprint density at radius 2 is 1.96 bits per heavy atom. The largest absolute Gasteiger partial charge is 0.497 e. The standard InChI is InChI=1S/C19H24N2O6S/c1-26-16-7-5-14(6-8-16)12-28(24,25)13-15-4-2-3-9-19(15,17(21)22)18(23)27-11-10-20/h5-8,15H,2-4,9,11-13H2,1H3,(H2,21,22). The molecule has 0 heterocycles. The first-order valence-corrected chi connectivity index (χ1v) is 10.7. The third kappa shape index (κ3) is 4.81. The minimum absolute atomic E-state index is 0.120. The van der Waals surface area contributed by atoms with Gasteiger partial charge in [0, 0.05) is 0 Å². The predicted molar refractivity (Wildman–Crippen MR) is 101 cm³/mol. The predicted octanol–water partition coefficient (Wildman–Crippen LogP) is 1.34. The maximum Gasteiger partial charge on any atom is 0.322 e. The first-order chi connectivity index (χ1) is 13.2. The van der Waals surface area contributed by atoms with Crippen molar-refractivity contribution >= 4 is 21.7 Å². The number of esters is 1. The third-order valence-corrected chi connectivity index (χ3v) is 6.83. The van der Waals surface area contributed by atoms with Crippen molar-refractivity contribution < 1.29 is 27.5 Å². The Morgan fingerprint density at radius 1 is 1.29 bits per heavy atom. The lowest BCUT2D eigenvalue weighted by molar-refractivity contribution is -0.165. The van der Waals surface area contributed by atoms with Crippen molar-refractivity contribution in [2.75, 3.05) is 19.5 Å². The number of hydrogen-bond acceptors (Lipinski definition) is 7. The van der Waals surface area contributed by atoms with E-state index < -0.39 is 39.7 Å². The third-order valence-electron chi connectivity index (χ3n) is 5.14. The number of benzene rings is 1. The van der Waals surface area contributed by atoms with Crippen molar-refractivity contribution in [3.8, 4) is 11.8 Å². The highest BCUT2D eigenvalue weighted by molar-refractivity contribution is 7.90. The van der Waals surface area contributed by atoms with Gasteiger partial charge in [0.15, 0.2) is 16.4 Å². The van der Waals surface area contributed by atoms with Crippen LogP contribution in [0.4, 0.5) is 0 Å². The lowest BCUT2D eigenvalue weighted by Crippen LogP contribution is -2.53. The molecule has 1 aromatic rings. The average Bonchev–Trinajstić information content (AvgIpc) is 2.66. The summed E-state index contributed by atoms with van der Waals surface area (Å²) >= 11 is 0. The van der Waals surface area contributed by atoms with Crippen LogP contribution in [0.3, 0.4) is 0 Å². The second-order valence-corrected chi connectivity index (χ2v) is 9.02. The zero-order valence-corrected chi connectivity index (χ0v) is 16.5. The molecular weight excluding hydrogens is 384 g/mol. The maximum atomic E-state index is 12.8. The number of methoxy groups -OCH3 is 1. The van der Waals surface area contributed by atoms with E-state index in [0.717, 1.165) is 0 Å². The van der Waals surface area contributed by atoms with Crippen LogP contribution in [0.25, 0.3) is 0 Å². The van der Waals surface area contributed by atoms with Crippen LogP contribution in [0.5, 0.6) is 5.75 Å². The lowest BCUT2D eigenvalue weighted by Gasteiger charge is -2.39. The van der Waals surface area contributed by atoms with Gasteiger partial charge in [-0.3, -0.25) is 9.59 Å². The number of nitrogens with two attached hydrogens (primary N) is 1. The second-order valence-electron chi connectivity index (χ2n) is 6.92. The van der Waals surface area contributed by atoms with Gasteiger partial charge in [0.05, 0.1) is 18.6 Å². The number of rotatable bonds is 8. The SMILES string of the molecule is COc1ccc(CS(=O)(=O)CC2CCCCC2(C(N)=O)C(=O)OCC#N)cc1. The van der Waals surface area contributed by atoms with Crippen LogP contribution in [0.2, 0.25) is 0 Å². The number of carbonyl (C=O) groups is 2. The smallest absolute Gasteiger partial charge is 0.322 e. The normalized spacial score (nSPS) is 22.1. The summed E-state index contributed by atoms with van der Waals surface area (Å²) in [6, 6.07) is 8.31. The number of carbonyl (C=O) groups excluding carboxylic acids is 2. The number of nitriles is 1. The lowest BCUT2D eigenvalue weighted by atomic mass is 9.66. The van der Waals surface area contributed by atoms with Crippen LogP contribution in [0.1, 0.15) is 31.2 Å². The molecule has 2 rings (SSSR count). The maximum absolute atomic E-state index is 12.8. The molecule has 1 fully saturated rings. The molecular formula is C19H24N2O6S. The van der Waals surface area contributed by atoms with Crippen molar-refractivity contribution in [1.82, 2.24) is 0 Å². The van der Waals surface area contributed by atoms with E-state index in [2.05, 4.69) is 0 Å². The van der Waals surface area contributed by atoms with Crippen LogP contribution in [-0.4, -0.2) is 39.8 Å². The van der Waals surface area contributed by atoms with Crippen LogP contribution < -0.4 is 10.5 Å². The quantitative estimate of drug-likeness (QED) is 0.506. The summed E-state index contributed by atoms with van der Waals surface area (Å²) in [6.45, 7) is -0.515. The van der Waals surface area contributed by atoms with Gasteiger partial charge in [-0.25, -0.2) is 8.42 Å². The Bertz CT molecular complexity index is 859. The molecule has 2 unspecified atom stereocenters. The van der Waals surface area contributed by atoms with Gasteiger partial charge >= 0.3 is 5.97 Å². The van der Waals surface area contributed by atoms with Gasteiger partial charge in [-0.05, 0) is 36.5 Å². The Hall–Kier alpha value is -2.60. The van der Waals surface area contributed by atoms with Crippen LogP contribution in [0, 0.1) is 22.7 Å². The summed E-state index contributed by atoms with van der Waals surface area (Å²) in [5, 5.41) is 8.64. The van der Waals surface area contributed by atoms with Crippen molar-refractivity contribution in [3.63, 3.8) is 0 Å². The molecule has 0 spiro atoms. The first kappa shape index (κ1) is 21.7. The number of sulfone groups is 1. The molecule has 9 heteroatoms. The summed E-state index contributed by atoms with van der Waals surface area (Å²) in [6.07, 6.45) is 1.73. The Kier molecular flexibility index (Phi) is 7.02. The van der Waals surface area contributed by atoms with E-state index in [1.54, 1.807) is 30.3 Å². The van der Waals surface area contributed by atoms with Crippen molar-refractivity contribution in [2.45, 2.75) is 31.4 Å². The minimum atomic E-state index is -3.63. The molecule has 2 atom stereocenters. The summed E-state index contributed by atoms with van der Waals surface area (Å²) in [5.74, 6) is -2.57. The summed E-state index contributed by atoms with van der Waals surface area (Å²) in [4.78, 5) is 24.8. The molecule has 1 aliphatic carbocycles. The van der Waals surface area contributed by atoms with Crippen molar-refractivity contribution in [1.29, 1.82) is 5.26 Å². The van der Waals surface area contributed by atoms with E-state index in [0.29, 0.717) is 30.6 Å². The molecule has 8 nitrogen and oxygen atoms in total. The molecule has 0 aromatic heterocycles. The number of hydrogen-bond donors (Lipinski definition) is 1. The zero-order chi connectivity index (χ0) is 20.8.